The highest BCUT2D eigenvalue weighted by atomic mass is 35.5. The number of anilines is 1. The third-order valence-corrected chi connectivity index (χ3v) is 5.24. The molecule has 0 spiro atoms. The Balaban J connectivity index is 1.53. The van der Waals surface area contributed by atoms with Gasteiger partial charge in [0, 0.05) is 31.7 Å². The first-order valence-electron chi connectivity index (χ1n) is 8.89. The number of amides is 1. The van der Waals surface area contributed by atoms with Crippen molar-refractivity contribution in [2.45, 2.75) is 20.8 Å². The summed E-state index contributed by atoms with van der Waals surface area (Å²) in [6.45, 7) is 7.53. The van der Waals surface area contributed by atoms with Crippen molar-refractivity contribution in [1.29, 1.82) is 0 Å². The molecular weight excluding hydrogens is 368 g/mol. The summed E-state index contributed by atoms with van der Waals surface area (Å²) < 4.78 is 10.7. The van der Waals surface area contributed by atoms with E-state index < -0.39 is 5.97 Å². The average molecular weight is 391 g/mol. The van der Waals surface area contributed by atoms with Crippen molar-refractivity contribution < 1.29 is 18.7 Å². The van der Waals surface area contributed by atoms with E-state index in [0.717, 1.165) is 11.3 Å². The predicted octanol–water partition coefficient (Wildman–Crippen LogP) is 3.36. The minimum absolute atomic E-state index is 0.197. The van der Waals surface area contributed by atoms with E-state index in [4.69, 9.17) is 20.8 Å². The van der Waals surface area contributed by atoms with Crippen LogP contribution in [0.5, 0.6) is 0 Å². The first-order valence-corrected chi connectivity index (χ1v) is 9.27. The summed E-state index contributed by atoms with van der Waals surface area (Å²) >= 11 is 6.24. The number of furan rings is 1. The van der Waals surface area contributed by atoms with Gasteiger partial charge in [0.15, 0.2) is 6.61 Å². The van der Waals surface area contributed by atoms with Crippen LogP contribution in [0.1, 0.15) is 27.4 Å². The number of benzene rings is 1. The van der Waals surface area contributed by atoms with Gasteiger partial charge in [-0.2, -0.15) is 0 Å². The Kier molecular flexibility index (Phi) is 5.75. The highest BCUT2D eigenvalue weighted by Crippen LogP contribution is 2.26. The molecule has 0 radical (unpaired) electrons. The summed E-state index contributed by atoms with van der Waals surface area (Å²) in [5, 5.41) is 0.701. The summed E-state index contributed by atoms with van der Waals surface area (Å²) in [5.41, 5.74) is 2.13. The maximum Gasteiger partial charge on any atom is 0.342 e. The molecule has 0 atom stereocenters. The third-order valence-electron chi connectivity index (χ3n) is 4.92. The van der Waals surface area contributed by atoms with Crippen LogP contribution in [0.4, 0.5) is 5.69 Å². The number of carbonyl (C=O) groups is 2. The number of ether oxygens (including phenoxy) is 1. The van der Waals surface area contributed by atoms with Crippen molar-refractivity contribution in [3.63, 3.8) is 0 Å². The number of aryl methyl sites for hydroxylation is 2. The molecule has 0 unspecified atom stereocenters. The minimum atomic E-state index is -0.523. The molecule has 6 nitrogen and oxygen atoms in total. The zero-order valence-corrected chi connectivity index (χ0v) is 16.5. The van der Waals surface area contributed by atoms with Crippen molar-refractivity contribution in [2.24, 2.45) is 0 Å². The summed E-state index contributed by atoms with van der Waals surface area (Å²) in [4.78, 5) is 28.5. The molecule has 2 aromatic rings. The fraction of sp³-hybridized carbons (Fsp3) is 0.400. The van der Waals surface area contributed by atoms with Gasteiger partial charge in [-0.15, -0.1) is 0 Å². The van der Waals surface area contributed by atoms with E-state index in [1.54, 1.807) is 25.7 Å². The van der Waals surface area contributed by atoms with Gasteiger partial charge < -0.3 is 19.0 Å². The molecule has 2 heterocycles. The number of rotatable bonds is 4. The van der Waals surface area contributed by atoms with Gasteiger partial charge >= 0.3 is 5.97 Å². The fourth-order valence-corrected chi connectivity index (χ4v) is 3.55. The SMILES string of the molecule is Cc1oc(C)c(C(=O)OCC(=O)N2CCN(c3ccccc3Cl)CC2)c1C. The minimum Gasteiger partial charge on any atom is -0.465 e. The summed E-state index contributed by atoms with van der Waals surface area (Å²) in [5.74, 6) is 0.472. The lowest BCUT2D eigenvalue weighted by atomic mass is 10.1. The first-order chi connectivity index (χ1) is 12.9. The van der Waals surface area contributed by atoms with Crippen LogP contribution >= 0.6 is 11.6 Å². The zero-order valence-electron chi connectivity index (χ0n) is 15.8. The van der Waals surface area contributed by atoms with Gasteiger partial charge in [-0.3, -0.25) is 4.79 Å². The molecule has 0 aliphatic carbocycles. The van der Waals surface area contributed by atoms with E-state index in [0.29, 0.717) is 48.3 Å². The number of piperazine rings is 1. The second-order valence-corrected chi connectivity index (χ2v) is 7.02. The van der Waals surface area contributed by atoms with E-state index in [1.165, 1.54) is 0 Å². The Labute approximate surface area is 163 Å². The molecule has 0 saturated carbocycles. The lowest BCUT2D eigenvalue weighted by Crippen LogP contribution is -2.50. The van der Waals surface area contributed by atoms with Gasteiger partial charge in [0.2, 0.25) is 0 Å². The standard InChI is InChI=1S/C20H23ClN2O4/c1-13-14(2)27-15(3)19(13)20(25)26-12-18(24)23-10-8-22(9-11-23)17-7-5-4-6-16(17)21/h4-7H,8-12H2,1-3H3. The summed E-state index contributed by atoms with van der Waals surface area (Å²) in [6, 6.07) is 7.67. The van der Waals surface area contributed by atoms with Crippen molar-refractivity contribution >= 4 is 29.2 Å². The van der Waals surface area contributed by atoms with Crippen LogP contribution in [0.25, 0.3) is 0 Å². The molecule has 0 bridgehead atoms. The number of para-hydroxylation sites is 1. The largest absolute Gasteiger partial charge is 0.465 e. The van der Waals surface area contributed by atoms with Crippen LogP contribution in [0.2, 0.25) is 5.02 Å². The predicted molar refractivity (Wildman–Crippen MR) is 103 cm³/mol. The number of carbonyl (C=O) groups excluding carboxylic acids is 2. The van der Waals surface area contributed by atoms with Gasteiger partial charge in [0.25, 0.3) is 5.91 Å². The zero-order chi connectivity index (χ0) is 19.6. The summed E-state index contributed by atoms with van der Waals surface area (Å²) in [6.07, 6.45) is 0. The molecule has 1 aromatic heterocycles. The number of nitrogens with zero attached hydrogens (tertiary/aromatic N) is 2. The third kappa shape index (κ3) is 4.11. The van der Waals surface area contributed by atoms with E-state index in [-0.39, 0.29) is 12.5 Å². The maximum absolute atomic E-state index is 12.4. The van der Waals surface area contributed by atoms with Gasteiger partial charge in [-0.05, 0) is 32.9 Å². The van der Waals surface area contributed by atoms with Crippen LogP contribution in [0, 0.1) is 20.8 Å². The van der Waals surface area contributed by atoms with E-state index in [9.17, 15) is 9.59 Å². The van der Waals surface area contributed by atoms with E-state index in [1.807, 2.05) is 24.3 Å². The monoisotopic (exact) mass is 390 g/mol. The smallest absolute Gasteiger partial charge is 0.342 e. The van der Waals surface area contributed by atoms with Gasteiger partial charge in [-0.1, -0.05) is 23.7 Å². The van der Waals surface area contributed by atoms with Crippen LogP contribution in [-0.2, 0) is 9.53 Å². The van der Waals surface area contributed by atoms with Gasteiger partial charge in [0.1, 0.15) is 17.1 Å². The Hall–Kier alpha value is -2.47. The Morgan fingerprint density at radius 1 is 1.07 bits per heavy atom. The molecule has 144 valence electrons. The number of esters is 1. The maximum atomic E-state index is 12.4. The van der Waals surface area contributed by atoms with Crippen molar-refractivity contribution in [2.75, 3.05) is 37.7 Å². The Morgan fingerprint density at radius 3 is 2.33 bits per heavy atom. The number of halogens is 1. The molecule has 1 aliphatic rings. The molecular formula is C20H23ClN2O4. The van der Waals surface area contributed by atoms with Crippen molar-refractivity contribution in [3.8, 4) is 0 Å². The summed E-state index contributed by atoms with van der Waals surface area (Å²) in [7, 11) is 0. The fourth-order valence-electron chi connectivity index (χ4n) is 3.29. The Morgan fingerprint density at radius 2 is 1.74 bits per heavy atom. The van der Waals surface area contributed by atoms with Crippen LogP contribution in [-0.4, -0.2) is 49.6 Å². The first kappa shape index (κ1) is 19.3. The van der Waals surface area contributed by atoms with Gasteiger partial charge in [0.05, 0.1) is 10.7 Å². The molecule has 1 aliphatic heterocycles. The second-order valence-electron chi connectivity index (χ2n) is 6.61. The van der Waals surface area contributed by atoms with E-state index >= 15 is 0 Å². The number of hydrogen-bond donors (Lipinski definition) is 0. The molecule has 1 saturated heterocycles. The molecule has 1 fully saturated rings. The van der Waals surface area contributed by atoms with Crippen LogP contribution < -0.4 is 4.90 Å². The molecule has 0 N–H and O–H groups in total. The van der Waals surface area contributed by atoms with Crippen molar-refractivity contribution in [3.05, 3.63) is 51.9 Å². The quantitative estimate of drug-likeness (QED) is 0.749. The van der Waals surface area contributed by atoms with E-state index in [2.05, 4.69) is 4.90 Å². The van der Waals surface area contributed by atoms with Gasteiger partial charge in [-0.25, -0.2) is 4.79 Å². The lowest BCUT2D eigenvalue weighted by molar-refractivity contribution is -0.134. The molecule has 1 aromatic carbocycles. The average Bonchev–Trinajstić information content (AvgIpc) is 2.92. The highest BCUT2D eigenvalue weighted by molar-refractivity contribution is 6.33. The molecule has 1 amide bonds. The highest BCUT2D eigenvalue weighted by Gasteiger charge is 2.25. The van der Waals surface area contributed by atoms with Crippen molar-refractivity contribution in [1.82, 2.24) is 4.90 Å². The topological polar surface area (TPSA) is 63.0 Å². The lowest BCUT2D eigenvalue weighted by Gasteiger charge is -2.36. The second kappa shape index (κ2) is 8.05. The van der Waals surface area contributed by atoms with Crippen LogP contribution in [0.15, 0.2) is 28.7 Å². The Bertz CT molecular complexity index is 854. The molecule has 3 rings (SSSR count). The van der Waals surface area contributed by atoms with Crippen LogP contribution in [0.3, 0.4) is 0 Å². The normalized spacial score (nSPS) is 14.4. The molecule has 7 heteroatoms. The number of hydrogen-bond acceptors (Lipinski definition) is 5. The molecule has 27 heavy (non-hydrogen) atoms.